The summed E-state index contributed by atoms with van der Waals surface area (Å²) in [4.78, 5) is 36.2. The summed E-state index contributed by atoms with van der Waals surface area (Å²) in [5.41, 5.74) is 3.12. The average Bonchev–Trinajstić information content (AvgIpc) is 3.31. The number of nitrogens with zero attached hydrogens (tertiary/aromatic N) is 4. The molecule has 2 aromatic carbocycles. The zero-order valence-electron chi connectivity index (χ0n) is 18.8. The molecule has 8 heteroatoms. The predicted octanol–water partition coefficient (Wildman–Crippen LogP) is 2.94. The number of rotatable bonds is 9. The summed E-state index contributed by atoms with van der Waals surface area (Å²) >= 11 is 0. The molecule has 0 unspecified atom stereocenters. The lowest BCUT2D eigenvalue weighted by molar-refractivity contribution is -0.131. The van der Waals surface area contributed by atoms with E-state index in [1.165, 1.54) is 10.8 Å². The van der Waals surface area contributed by atoms with E-state index in [1.807, 2.05) is 59.5 Å². The number of ether oxygens (including phenoxy) is 1. The van der Waals surface area contributed by atoms with Crippen molar-refractivity contribution in [1.29, 1.82) is 0 Å². The maximum atomic E-state index is 13.2. The van der Waals surface area contributed by atoms with Crippen molar-refractivity contribution in [2.45, 2.75) is 32.7 Å². The number of aromatic nitrogens is 4. The molecule has 0 radical (unpaired) electrons. The van der Waals surface area contributed by atoms with Crippen LogP contribution in [0.15, 0.2) is 65.7 Å². The summed E-state index contributed by atoms with van der Waals surface area (Å²) < 4.78 is 6.53. The van der Waals surface area contributed by atoms with Crippen LogP contribution in [0.2, 0.25) is 0 Å². The van der Waals surface area contributed by atoms with Crippen molar-refractivity contribution >= 4 is 11.7 Å². The summed E-state index contributed by atoms with van der Waals surface area (Å²) in [6.07, 6.45) is 2.71. The Labute approximate surface area is 191 Å². The van der Waals surface area contributed by atoms with Crippen LogP contribution in [0.1, 0.15) is 28.8 Å². The van der Waals surface area contributed by atoms with Crippen LogP contribution in [-0.2, 0) is 24.2 Å². The molecule has 0 saturated heterocycles. The third-order valence-corrected chi connectivity index (χ3v) is 5.72. The van der Waals surface area contributed by atoms with E-state index in [0.29, 0.717) is 36.5 Å². The second kappa shape index (κ2) is 10.1. The van der Waals surface area contributed by atoms with Crippen molar-refractivity contribution in [2.75, 3.05) is 13.7 Å². The molecular weight excluding hydrogens is 418 g/mol. The first-order chi connectivity index (χ1) is 16.0. The molecule has 1 N–H and O–H groups in total. The Kier molecular flexibility index (Phi) is 6.83. The van der Waals surface area contributed by atoms with Gasteiger partial charge in [0.2, 0.25) is 5.91 Å². The van der Waals surface area contributed by atoms with Crippen molar-refractivity contribution in [2.24, 2.45) is 0 Å². The lowest BCUT2D eigenvalue weighted by Gasteiger charge is -2.23. The molecule has 4 rings (SSSR count). The van der Waals surface area contributed by atoms with Gasteiger partial charge in [0.25, 0.3) is 11.3 Å². The number of aryl methyl sites for hydroxylation is 1. The maximum absolute atomic E-state index is 13.2. The third kappa shape index (κ3) is 5.28. The van der Waals surface area contributed by atoms with E-state index < -0.39 is 0 Å². The molecule has 8 nitrogen and oxygen atoms in total. The maximum Gasteiger partial charge on any atom is 0.277 e. The van der Waals surface area contributed by atoms with Gasteiger partial charge in [-0.2, -0.15) is 4.52 Å². The van der Waals surface area contributed by atoms with Crippen LogP contribution in [0.5, 0.6) is 5.75 Å². The fraction of sp³-hybridized carbons (Fsp3) is 0.280. The number of methoxy groups -OCH3 is 1. The highest BCUT2D eigenvalue weighted by atomic mass is 16.5. The Morgan fingerprint density at radius 1 is 1.06 bits per heavy atom. The second-order valence-corrected chi connectivity index (χ2v) is 7.90. The SMILES string of the molecule is COc1ccc(CCN(Cc2ccccc2)C(=O)CCc2c(C)nc3nc[nH]n3c2=O)cc1. The van der Waals surface area contributed by atoms with Crippen molar-refractivity contribution in [3.8, 4) is 5.75 Å². The number of carbonyl (C=O) groups excluding carboxylic acids is 1. The van der Waals surface area contributed by atoms with Crippen molar-refractivity contribution in [3.05, 3.63) is 93.7 Å². The Morgan fingerprint density at radius 3 is 2.55 bits per heavy atom. The van der Waals surface area contributed by atoms with Gasteiger partial charge < -0.3 is 9.64 Å². The van der Waals surface area contributed by atoms with Gasteiger partial charge in [-0.1, -0.05) is 42.5 Å². The van der Waals surface area contributed by atoms with Crippen LogP contribution in [0.3, 0.4) is 0 Å². The van der Waals surface area contributed by atoms with Gasteiger partial charge in [0.05, 0.1) is 12.8 Å². The van der Waals surface area contributed by atoms with Crippen molar-refractivity contribution < 1.29 is 9.53 Å². The Balaban J connectivity index is 1.48. The number of H-pyrrole nitrogens is 1. The van der Waals surface area contributed by atoms with Gasteiger partial charge in [-0.05, 0) is 43.0 Å². The van der Waals surface area contributed by atoms with Crippen LogP contribution in [0, 0.1) is 6.92 Å². The minimum Gasteiger partial charge on any atom is -0.497 e. The largest absolute Gasteiger partial charge is 0.497 e. The molecule has 0 aliphatic rings. The third-order valence-electron chi connectivity index (χ3n) is 5.72. The van der Waals surface area contributed by atoms with Gasteiger partial charge in [-0.3, -0.25) is 14.7 Å². The molecule has 4 aromatic rings. The summed E-state index contributed by atoms with van der Waals surface area (Å²) in [6, 6.07) is 17.8. The Morgan fingerprint density at radius 2 is 1.82 bits per heavy atom. The quantitative estimate of drug-likeness (QED) is 0.428. The van der Waals surface area contributed by atoms with E-state index >= 15 is 0 Å². The van der Waals surface area contributed by atoms with E-state index in [9.17, 15) is 9.59 Å². The number of carbonyl (C=O) groups is 1. The molecule has 170 valence electrons. The normalized spacial score (nSPS) is 11.0. The van der Waals surface area contributed by atoms with Gasteiger partial charge >= 0.3 is 0 Å². The summed E-state index contributed by atoms with van der Waals surface area (Å²) in [5.74, 6) is 1.14. The van der Waals surface area contributed by atoms with Gasteiger partial charge in [0.1, 0.15) is 12.1 Å². The first kappa shape index (κ1) is 22.3. The number of aromatic amines is 1. The minimum atomic E-state index is -0.212. The minimum absolute atomic E-state index is 0.000808. The smallest absolute Gasteiger partial charge is 0.277 e. The number of benzene rings is 2. The second-order valence-electron chi connectivity index (χ2n) is 7.90. The monoisotopic (exact) mass is 445 g/mol. The number of hydrogen-bond donors (Lipinski definition) is 1. The van der Waals surface area contributed by atoms with Crippen LogP contribution in [0.4, 0.5) is 0 Å². The molecule has 0 atom stereocenters. The number of hydrogen-bond acceptors (Lipinski definition) is 5. The molecule has 2 heterocycles. The van der Waals surface area contributed by atoms with Crippen LogP contribution < -0.4 is 10.3 Å². The number of amides is 1. The van der Waals surface area contributed by atoms with Crippen LogP contribution in [-0.4, -0.2) is 44.0 Å². The molecule has 0 aliphatic heterocycles. The average molecular weight is 446 g/mol. The zero-order chi connectivity index (χ0) is 23.2. The van der Waals surface area contributed by atoms with E-state index in [-0.39, 0.29) is 17.9 Å². The fourth-order valence-corrected chi connectivity index (χ4v) is 3.83. The molecule has 1 amide bonds. The Hall–Kier alpha value is -3.94. The molecule has 0 saturated carbocycles. The van der Waals surface area contributed by atoms with E-state index in [4.69, 9.17) is 4.74 Å². The van der Waals surface area contributed by atoms with Gasteiger partial charge in [-0.25, -0.2) is 9.97 Å². The highest BCUT2D eigenvalue weighted by Crippen LogP contribution is 2.14. The highest BCUT2D eigenvalue weighted by molar-refractivity contribution is 5.76. The summed E-state index contributed by atoms with van der Waals surface area (Å²) in [6.45, 7) is 2.88. The van der Waals surface area contributed by atoms with E-state index in [2.05, 4.69) is 15.1 Å². The molecule has 33 heavy (non-hydrogen) atoms. The van der Waals surface area contributed by atoms with E-state index in [0.717, 1.165) is 23.3 Å². The first-order valence-corrected chi connectivity index (χ1v) is 10.9. The molecule has 0 fully saturated rings. The van der Waals surface area contributed by atoms with Gasteiger partial charge in [0.15, 0.2) is 0 Å². The lowest BCUT2D eigenvalue weighted by atomic mass is 10.1. The molecule has 0 bridgehead atoms. The van der Waals surface area contributed by atoms with Crippen molar-refractivity contribution in [1.82, 2.24) is 24.5 Å². The summed E-state index contributed by atoms with van der Waals surface area (Å²) in [7, 11) is 1.64. The predicted molar refractivity (Wildman–Crippen MR) is 125 cm³/mol. The first-order valence-electron chi connectivity index (χ1n) is 10.9. The highest BCUT2D eigenvalue weighted by Gasteiger charge is 2.17. The number of fused-ring (bicyclic) bond motifs is 1. The van der Waals surface area contributed by atoms with E-state index in [1.54, 1.807) is 14.0 Å². The molecular formula is C25H27N5O3. The fourth-order valence-electron chi connectivity index (χ4n) is 3.83. The Bertz CT molecular complexity index is 1280. The molecule has 2 aromatic heterocycles. The van der Waals surface area contributed by atoms with Gasteiger partial charge in [0, 0.05) is 25.1 Å². The number of nitrogens with one attached hydrogen (secondary N) is 1. The standard InChI is InChI=1S/C25H27N5O3/c1-18-22(24(32)30-25(28-18)26-17-27-30)12-13-23(31)29(16-20-6-4-3-5-7-20)15-14-19-8-10-21(33-2)11-9-19/h3-11,17H,12-16H2,1-2H3,(H,26,27,28). The molecule has 0 aliphatic carbocycles. The van der Waals surface area contributed by atoms with Crippen LogP contribution >= 0.6 is 0 Å². The summed E-state index contributed by atoms with van der Waals surface area (Å²) in [5, 5.41) is 2.77. The topological polar surface area (TPSA) is 92.6 Å². The van der Waals surface area contributed by atoms with Crippen molar-refractivity contribution in [3.63, 3.8) is 0 Å². The lowest BCUT2D eigenvalue weighted by Crippen LogP contribution is -2.33. The zero-order valence-corrected chi connectivity index (χ0v) is 18.8. The van der Waals surface area contributed by atoms with Crippen LogP contribution in [0.25, 0.3) is 5.78 Å². The van der Waals surface area contributed by atoms with Gasteiger partial charge in [-0.15, -0.1) is 0 Å². The molecule has 0 spiro atoms.